The van der Waals surface area contributed by atoms with E-state index >= 15 is 0 Å². The highest BCUT2D eigenvalue weighted by atomic mass is 32.2. The molecule has 0 N–H and O–H groups in total. The number of esters is 1. The van der Waals surface area contributed by atoms with Crippen LogP contribution in [0.1, 0.15) is 52.0 Å². The van der Waals surface area contributed by atoms with Gasteiger partial charge in [-0.3, -0.25) is 19.9 Å². The monoisotopic (exact) mass is 406 g/mol. The second-order valence-corrected chi connectivity index (χ2v) is 9.33. The Bertz CT molecular complexity index is 817. The highest BCUT2D eigenvalue weighted by Gasteiger charge is 2.49. The molecule has 2 aliphatic rings. The summed E-state index contributed by atoms with van der Waals surface area (Å²) in [5, 5.41) is 12.1. The zero-order valence-electron chi connectivity index (χ0n) is 16.7. The Hall–Kier alpha value is -2.09. The fourth-order valence-corrected chi connectivity index (χ4v) is 5.32. The van der Waals surface area contributed by atoms with Crippen molar-refractivity contribution in [2.45, 2.75) is 57.6 Å². The zero-order valence-corrected chi connectivity index (χ0v) is 17.5. The third-order valence-corrected chi connectivity index (χ3v) is 6.27. The molecule has 2 atom stereocenters. The summed E-state index contributed by atoms with van der Waals surface area (Å²) in [6, 6.07) is 4.68. The quantitative estimate of drug-likeness (QED) is 0.407. The number of carbonyl (C=O) groups is 1. The molecule has 1 saturated carbocycles. The number of benzene rings is 1. The van der Waals surface area contributed by atoms with Crippen LogP contribution >= 0.6 is 11.8 Å². The van der Waals surface area contributed by atoms with Crippen LogP contribution < -0.4 is 4.74 Å². The summed E-state index contributed by atoms with van der Waals surface area (Å²) in [6.07, 6.45) is 2.89. The summed E-state index contributed by atoms with van der Waals surface area (Å²) in [5.41, 5.74) is -0.361. The first-order chi connectivity index (χ1) is 13.1. The minimum absolute atomic E-state index is 0.0259. The van der Waals surface area contributed by atoms with Crippen LogP contribution in [0.15, 0.2) is 23.2 Å². The number of non-ortho nitro benzene ring substituents is 1. The van der Waals surface area contributed by atoms with E-state index in [2.05, 4.69) is 0 Å². The summed E-state index contributed by atoms with van der Waals surface area (Å²) >= 11 is 1.59. The first-order valence-corrected chi connectivity index (χ1v) is 10.4. The predicted octanol–water partition coefficient (Wildman–Crippen LogP) is 4.48. The number of nitrogens with zero attached hydrogens (tertiary/aromatic N) is 2. The number of ether oxygens (including phenoxy) is 2. The summed E-state index contributed by atoms with van der Waals surface area (Å²) in [6.45, 7) is 5.51. The molecule has 0 bridgehead atoms. The van der Waals surface area contributed by atoms with E-state index in [1.54, 1.807) is 31.0 Å². The molecule has 152 valence electrons. The van der Waals surface area contributed by atoms with Crippen molar-refractivity contribution in [1.82, 2.24) is 0 Å². The summed E-state index contributed by atoms with van der Waals surface area (Å²) in [7, 11) is 1.56. The van der Waals surface area contributed by atoms with Gasteiger partial charge < -0.3 is 9.47 Å². The van der Waals surface area contributed by atoms with E-state index in [0.717, 1.165) is 35.6 Å². The van der Waals surface area contributed by atoms with Gasteiger partial charge in [-0.15, -0.1) is 11.8 Å². The van der Waals surface area contributed by atoms with Crippen molar-refractivity contribution >= 4 is 28.5 Å². The van der Waals surface area contributed by atoms with Crippen LogP contribution in [0.25, 0.3) is 0 Å². The lowest BCUT2D eigenvalue weighted by atomic mass is 9.80. The van der Waals surface area contributed by atoms with Crippen molar-refractivity contribution in [3.8, 4) is 5.75 Å². The van der Waals surface area contributed by atoms with Crippen molar-refractivity contribution in [2.75, 3.05) is 12.9 Å². The Morgan fingerprint density at radius 2 is 2.18 bits per heavy atom. The van der Waals surface area contributed by atoms with Crippen LogP contribution in [-0.2, 0) is 15.1 Å². The van der Waals surface area contributed by atoms with Crippen LogP contribution in [0, 0.1) is 16.0 Å². The lowest BCUT2D eigenvalue weighted by molar-refractivity contribution is -0.385. The van der Waals surface area contributed by atoms with Crippen LogP contribution in [0.5, 0.6) is 5.75 Å². The molecule has 3 rings (SSSR count). The number of hydrogen-bond acceptors (Lipinski definition) is 7. The fourth-order valence-electron chi connectivity index (χ4n) is 4.04. The van der Waals surface area contributed by atoms with Crippen molar-refractivity contribution in [3.63, 3.8) is 0 Å². The van der Waals surface area contributed by atoms with E-state index < -0.39 is 16.1 Å². The number of thioether (sulfide) groups is 1. The van der Waals surface area contributed by atoms with Gasteiger partial charge in [-0.1, -0.05) is 6.42 Å². The largest absolute Gasteiger partial charge is 0.496 e. The van der Waals surface area contributed by atoms with Gasteiger partial charge in [0.15, 0.2) is 0 Å². The standard InChI is InChI=1S/C20H26N2O5S/c1-19(2,3)27-18(23)11-17-21-20(9-5-6-13(20)12-28-17)15-10-14(22(24)25)7-8-16(15)26-4/h7-8,10,13H,5-6,9,11-12H2,1-4H3/t13-,20-/m0/s1. The van der Waals surface area contributed by atoms with Crippen molar-refractivity contribution in [3.05, 3.63) is 33.9 Å². The first kappa shape index (κ1) is 20.6. The van der Waals surface area contributed by atoms with Crippen LogP contribution in [0.2, 0.25) is 0 Å². The molecule has 0 amide bonds. The van der Waals surface area contributed by atoms with E-state index in [4.69, 9.17) is 14.5 Å². The number of hydrogen-bond donors (Lipinski definition) is 0. The molecule has 1 fully saturated rings. The van der Waals surface area contributed by atoms with Gasteiger partial charge in [-0.05, 0) is 45.6 Å². The van der Waals surface area contributed by atoms with Crippen LogP contribution in [0.3, 0.4) is 0 Å². The second kappa shape index (κ2) is 7.73. The zero-order chi connectivity index (χ0) is 20.5. The third-order valence-electron chi connectivity index (χ3n) is 5.14. The maximum Gasteiger partial charge on any atom is 0.312 e. The molecule has 0 spiro atoms. The normalized spacial score (nSPS) is 24.3. The lowest BCUT2D eigenvalue weighted by Crippen LogP contribution is -2.36. The smallest absolute Gasteiger partial charge is 0.312 e. The Morgan fingerprint density at radius 3 is 2.82 bits per heavy atom. The summed E-state index contributed by atoms with van der Waals surface area (Å²) in [4.78, 5) is 28.2. The highest BCUT2D eigenvalue weighted by molar-refractivity contribution is 8.14. The topological polar surface area (TPSA) is 91.0 Å². The van der Waals surface area contributed by atoms with Gasteiger partial charge in [-0.25, -0.2) is 0 Å². The van der Waals surface area contributed by atoms with Gasteiger partial charge in [0.2, 0.25) is 0 Å². The Kier molecular flexibility index (Phi) is 5.70. The average molecular weight is 407 g/mol. The molecular weight excluding hydrogens is 380 g/mol. The molecule has 1 heterocycles. The number of carbonyl (C=O) groups excluding carboxylic acids is 1. The minimum atomic E-state index is -0.583. The maximum atomic E-state index is 12.3. The van der Waals surface area contributed by atoms with Crippen molar-refractivity contribution in [2.24, 2.45) is 10.9 Å². The van der Waals surface area contributed by atoms with E-state index in [1.807, 2.05) is 20.8 Å². The number of rotatable bonds is 5. The molecular formula is C20H26N2O5S. The van der Waals surface area contributed by atoms with E-state index in [1.165, 1.54) is 6.07 Å². The van der Waals surface area contributed by atoms with Crippen LogP contribution in [0.4, 0.5) is 5.69 Å². The van der Waals surface area contributed by atoms with Crippen molar-refractivity contribution in [1.29, 1.82) is 0 Å². The maximum absolute atomic E-state index is 12.3. The number of fused-ring (bicyclic) bond motifs is 1. The Morgan fingerprint density at radius 1 is 1.43 bits per heavy atom. The molecule has 0 saturated heterocycles. The summed E-state index contributed by atoms with van der Waals surface area (Å²) < 4.78 is 11.0. The van der Waals surface area contributed by atoms with E-state index in [-0.39, 0.29) is 24.0 Å². The molecule has 0 radical (unpaired) electrons. The van der Waals surface area contributed by atoms with E-state index in [9.17, 15) is 14.9 Å². The lowest BCUT2D eigenvalue weighted by Gasteiger charge is -2.37. The molecule has 7 nitrogen and oxygen atoms in total. The molecule has 0 unspecified atom stereocenters. The molecule has 1 aliphatic carbocycles. The Labute approximate surface area is 169 Å². The third kappa shape index (κ3) is 4.16. The summed E-state index contributed by atoms with van der Waals surface area (Å²) in [5.74, 6) is 1.38. The van der Waals surface area contributed by atoms with Gasteiger partial charge in [0.1, 0.15) is 11.4 Å². The fraction of sp³-hybridized carbons (Fsp3) is 0.600. The first-order valence-electron chi connectivity index (χ1n) is 9.41. The number of nitro benzene ring substituents is 1. The highest BCUT2D eigenvalue weighted by Crippen LogP contribution is 2.54. The molecule has 1 aromatic carbocycles. The van der Waals surface area contributed by atoms with Crippen molar-refractivity contribution < 1.29 is 19.2 Å². The molecule has 8 heteroatoms. The minimum Gasteiger partial charge on any atom is -0.496 e. The van der Waals surface area contributed by atoms with E-state index in [0.29, 0.717) is 5.75 Å². The van der Waals surface area contributed by atoms with Gasteiger partial charge >= 0.3 is 5.97 Å². The second-order valence-electron chi connectivity index (χ2n) is 8.23. The molecule has 28 heavy (non-hydrogen) atoms. The molecule has 1 aromatic rings. The molecule has 0 aromatic heterocycles. The van der Waals surface area contributed by atoms with Gasteiger partial charge in [0.25, 0.3) is 5.69 Å². The SMILES string of the molecule is COc1ccc([N+](=O)[O-])cc1[C@]12CCC[C@H]1CSC(CC(=O)OC(C)(C)C)=N2. The number of methoxy groups -OCH3 is 1. The average Bonchev–Trinajstić information content (AvgIpc) is 3.03. The van der Waals surface area contributed by atoms with Crippen LogP contribution in [-0.4, -0.2) is 34.4 Å². The van der Waals surface area contributed by atoms with Gasteiger partial charge in [0, 0.05) is 23.4 Å². The predicted molar refractivity (Wildman–Crippen MR) is 109 cm³/mol. The van der Waals surface area contributed by atoms with Gasteiger partial charge in [0.05, 0.1) is 29.0 Å². The Balaban J connectivity index is 2.00. The number of nitro groups is 1. The molecule has 1 aliphatic heterocycles. The number of aliphatic imine (C=N–C) groups is 1. The van der Waals surface area contributed by atoms with Gasteiger partial charge in [-0.2, -0.15) is 0 Å².